The van der Waals surface area contributed by atoms with E-state index >= 15 is 0 Å². The van der Waals surface area contributed by atoms with E-state index in [2.05, 4.69) is 5.32 Å². The van der Waals surface area contributed by atoms with E-state index in [0.29, 0.717) is 12.1 Å². The van der Waals surface area contributed by atoms with E-state index in [1.165, 1.54) is 4.31 Å². The summed E-state index contributed by atoms with van der Waals surface area (Å²) in [5, 5.41) is 2.86. The van der Waals surface area contributed by atoms with Crippen molar-refractivity contribution in [2.75, 3.05) is 11.1 Å². The van der Waals surface area contributed by atoms with Crippen molar-refractivity contribution in [3.8, 4) is 0 Å². The molecule has 0 saturated carbocycles. The number of sulfonamides is 1. The molecule has 1 atom stereocenters. The fourth-order valence-electron chi connectivity index (χ4n) is 3.13. The van der Waals surface area contributed by atoms with E-state index in [1.807, 2.05) is 49.4 Å². The fourth-order valence-corrected chi connectivity index (χ4v) is 4.35. The largest absolute Gasteiger partial charge is 0.325 e. The first-order valence-corrected chi connectivity index (χ1v) is 9.95. The van der Waals surface area contributed by atoms with Crippen LogP contribution in [0.15, 0.2) is 48.5 Å². The lowest BCUT2D eigenvalue weighted by Crippen LogP contribution is -2.51. The standard InChI is InChI=1S/C19H22N2O3S/c1-3-25(23,24)21-13-16-9-5-4-8-15(16)12-18(21)19(22)20-17-10-6-7-14(2)11-17/h4-11,18H,3,12-13H2,1-2H3,(H,20,22)/t18-/m1/s1. The molecule has 5 nitrogen and oxygen atoms in total. The molecule has 2 aromatic carbocycles. The van der Waals surface area contributed by atoms with Crippen molar-refractivity contribution < 1.29 is 13.2 Å². The third kappa shape index (κ3) is 3.75. The summed E-state index contributed by atoms with van der Waals surface area (Å²) < 4.78 is 26.4. The average Bonchev–Trinajstić information content (AvgIpc) is 2.60. The van der Waals surface area contributed by atoms with Crippen LogP contribution in [0, 0.1) is 6.92 Å². The van der Waals surface area contributed by atoms with Gasteiger partial charge in [0.2, 0.25) is 15.9 Å². The van der Waals surface area contributed by atoms with Crippen LogP contribution in [-0.2, 0) is 27.8 Å². The molecule has 0 aromatic heterocycles. The van der Waals surface area contributed by atoms with E-state index in [1.54, 1.807) is 13.0 Å². The Morgan fingerprint density at radius 3 is 2.56 bits per heavy atom. The van der Waals surface area contributed by atoms with Crippen molar-refractivity contribution in [2.24, 2.45) is 0 Å². The van der Waals surface area contributed by atoms with Crippen molar-refractivity contribution in [2.45, 2.75) is 32.9 Å². The summed E-state index contributed by atoms with van der Waals surface area (Å²) in [7, 11) is -3.49. The molecule has 0 bridgehead atoms. The Balaban J connectivity index is 1.92. The Labute approximate surface area is 148 Å². The van der Waals surface area contributed by atoms with Crippen LogP contribution >= 0.6 is 0 Å². The van der Waals surface area contributed by atoms with Gasteiger partial charge in [0, 0.05) is 12.2 Å². The Kier molecular flexibility index (Phi) is 4.92. The number of carbonyl (C=O) groups excluding carboxylic acids is 1. The van der Waals surface area contributed by atoms with Crippen LogP contribution in [0.2, 0.25) is 0 Å². The highest BCUT2D eigenvalue weighted by Gasteiger charge is 2.37. The number of rotatable bonds is 4. The Morgan fingerprint density at radius 2 is 1.88 bits per heavy atom. The molecule has 132 valence electrons. The minimum absolute atomic E-state index is 0.0244. The van der Waals surface area contributed by atoms with Gasteiger partial charge >= 0.3 is 0 Å². The summed E-state index contributed by atoms with van der Waals surface area (Å²) in [6, 6.07) is 14.4. The van der Waals surface area contributed by atoms with Crippen LogP contribution < -0.4 is 5.32 Å². The van der Waals surface area contributed by atoms with Gasteiger partial charge in [0.1, 0.15) is 6.04 Å². The number of aryl methyl sites for hydroxylation is 1. The summed E-state index contributed by atoms with van der Waals surface area (Å²) in [6.07, 6.45) is 0.382. The minimum Gasteiger partial charge on any atom is -0.325 e. The summed E-state index contributed by atoms with van der Waals surface area (Å²) in [5.74, 6) is -0.319. The predicted molar refractivity (Wildman–Crippen MR) is 98.7 cm³/mol. The van der Waals surface area contributed by atoms with Gasteiger partial charge in [0.15, 0.2) is 0 Å². The highest BCUT2D eigenvalue weighted by molar-refractivity contribution is 7.89. The molecule has 25 heavy (non-hydrogen) atoms. The summed E-state index contributed by atoms with van der Waals surface area (Å²) in [4.78, 5) is 12.8. The maximum Gasteiger partial charge on any atom is 0.243 e. The van der Waals surface area contributed by atoms with Crippen LogP contribution in [-0.4, -0.2) is 30.4 Å². The molecule has 3 rings (SSSR count). The number of nitrogens with zero attached hydrogens (tertiary/aromatic N) is 1. The third-order valence-corrected chi connectivity index (χ3v) is 6.34. The van der Waals surface area contributed by atoms with Crippen LogP contribution in [0.5, 0.6) is 0 Å². The molecule has 0 saturated heterocycles. The second-order valence-electron chi connectivity index (χ2n) is 6.29. The Hall–Kier alpha value is -2.18. The highest BCUT2D eigenvalue weighted by Crippen LogP contribution is 2.27. The first-order chi connectivity index (χ1) is 11.9. The monoisotopic (exact) mass is 358 g/mol. The lowest BCUT2D eigenvalue weighted by atomic mass is 9.95. The molecule has 2 aromatic rings. The SMILES string of the molecule is CCS(=O)(=O)N1Cc2ccccc2C[C@@H]1C(=O)Nc1cccc(C)c1. The van der Waals surface area contributed by atoms with Crippen molar-refractivity contribution in [1.29, 1.82) is 0 Å². The van der Waals surface area contributed by atoms with Crippen LogP contribution in [0.25, 0.3) is 0 Å². The maximum absolute atomic E-state index is 12.8. The third-order valence-electron chi connectivity index (χ3n) is 4.52. The molecule has 1 amide bonds. The predicted octanol–water partition coefficient (Wildman–Crippen LogP) is 2.71. The van der Waals surface area contributed by atoms with Gasteiger partial charge in [-0.3, -0.25) is 4.79 Å². The second-order valence-corrected chi connectivity index (χ2v) is 8.50. The first kappa shape index (κ1) is 17.6. The van der Waals surface area contributed by atoms with Gasteiger partial charge in [-0.15, -0.1) is 0 Å². The van der Waals surface area contributed by atoms with Crippen LogP contribution in [0.3, 0.4) is 0 Å². The molecule has 1 aliphatic rings. The van der Waals surface area contributed by atoms with E-state index in [9.17, 15) is 13.2 Å². The normalized spacial score (nSPS) is 17.8. The number of fused-ring (bicyclic) bond motifs is 1. The number of benzene rings is 2. The van der Waals surface area contributed by atoms with Gasteiger partial charge in [0.25, 0.3) is 0 Å². The summed E-state index contributed by atoms with van der Waals surface area (Å²) in [6.45, 7) is 3.78. The zero-order valence-corrected chi connectivity index (χ0v) is 15.2. The van der Waals surface area contributed by atoms with E-state index in [4.69, 9.17) is 0 Å². The van der Waals surface area contributed by atoms with E-state index in [-0.39, 0.29) is 18.2 Å². The molecular weight excluding hydrogens is 336 g/mol. The lowest BCUT2D eigenvalue weighted by molar-refractivity contribution is -0.120. The molecule has 0 aliphatic carbocycles. The van der Waals surface area contributed by atoms with Crippen LogP contribution in [0.1, 0.15) is 23.6 Å². The van der Waals surface area contributed by atoms with Gasteiger partial charge in [-0.1, -0.05) is 36.4 Å². The van der Waals surface area contributed by atoms with Gasteiger partial charge in [-0.25, -0.2) is 8.42 Å². The Bertz CT molecular complexity index is 893. The average molecular weight is 358 g/mol. The number of anilines is 1. The van der Waals surface area contributed by atoms with E-state index in [0.717, 1.165) is 16.7 Å². The second kappa shape index (κ2) is 6.98. The van der Waals surface area contributed by atoms with Crippen molar-refractivity contribution in [3.63, 3.8) is 0 Å². The number of hydrogen-bond donors (Lipinski definition) is 1. The van der Waals surface area contributed by atoms with E-state index < -0.39 is 16.1 Å². The molecule has 0 spiro atoms. The lowest BCUT2D eigenvalue weighted by Gasteiger charge is -2.34. The summed E-state index contributed by atoms with van der Waals surface area (Å²) in [5.41, 5.74) is 3.69. The molecule has 0 fully saturated rings. The zero-order valence-electron chi connectivity index (χ0n) is 14.4. The topological polar surface area (TPSA) is 66.5 Å². The summed E-state index contributed by atoms with van der Waals surface area (Å²) >= 11 is 0. The minimum atomic E-state index is -3.49. The molecule has 0 unspecified atom stereocenters. The fraction of sp³-hybridized carbons (Fsp3) is 0.316. The number of hydrogen-bond acceptors (Lipinski definition) is 3. The molecule has 6 heteroatoms. The number of nitrogens with one attached hydrogen (secondary N) is 1. The molecule has 1 aliphatic heterocycles. The van der Waals surface area contributed by atoms with Gasteiger partial charge < -0.3 is 5.32 Å². The Morgan fingerprint density at radius 1 is 1.16 bits per heavy atom. The van der Waals surface area contributed by atoms with Gasteiger partial charge in [-0.2, -0.15) is 4.31 Å². The first-order valence-electron chi connectivity index (χ1n) is 8.34. The van der Waals surface area contributed by atoms with Crippen molar-refractivity contribution >= 4 is 21.6 Å². The quantitative estimate of drug-likeness (QED) is 0.914. The van der Waals surface area contributed by atoms with Crippen LogP contribution in [0.4, 0.5) is 5.69 Å². The maximum atomic E-state index is 12.8. The molecule has 1 N–H and O–H groups in total. The van der Waals surface area contributed by atoms with Crippen molar-refractivity contribution in [3.05, 3.63) is 65.2 Å². The van der Waals surface area contributed by atoms with Crippen molar-refractivity contribution in [1.82, 2.24) is 4.31 Å². The smallest absolute Gasteiger partial charge is 0.243 e. The zero-order chi connectivity index (χ0) is 18.0. The molecule has 0 radical (unpaired) electrons. The molecular formula is C19H22N2O3S. The highest BCUT2D eigenvalue weighted by atomic mass is 32.2. The van der Waals surface area contributed by atoms with Gasteiger partial charge in [0.05, 0.1) is 5.75 Å². The number of amides is 1. The number of carbonyl (C=O) groups is 1. The molecule has 1 heterocycles. The van der Waals surface area contributed by atoms with Gasteiger partial charge in [-0.05, 0) is 49.1 Å².